The van der Waals surface area contributed by atoms with Crippen LogP contribution in [0.4, 0.5) is 10.1 Å². The Kier molecular flexibility index (Phi) is 5.36. The van der Waals surface area contributed by atoms with Gasteiger partial charge in [-0.05, 0) is 30.3 Å². The molecule has 8 nitrogen and oxygen atoms in total. The van der Waals surface area contributed by atoms with Gasteiger partial charge in [-0.25, -0.2) is 14.3 Å². The van der Waals surface area contributed by atoms with Crippen molar-refractivity contribution >= 4 is 39.0 Å². The van der Waals surface area contributed by atoms with Gasteiger partial charge in [0.1, 0.15) is 18.3 Å². The molecule has 0 saturated carbocycles. The van der Waals surface area contributed by atoms with Gasteiger partial charge >= 0.3 is 0 Å². The van der Waals surface area contributed by atoms with Gasteiger partial charge in [-0.1, -0.05) is 23.7 Å². The first kappa shape index (κ1) is 19.9. The van der Waals surface area contributed by atoms with E-state index in [2.05, 4.69) is 14.7 Å². The molecule has 29 heavy (non-hydrogen) atoms. The summed E-state index contributed by atoms with van der Waals surface area (Å²) in [5.74, 6) is 0.297. The highest BCUT2D eigenvalue weighted by molar-refractivity contribution is 7.87. The number of hydrogen-bond acceptors (Lipinski definition) is 6. The Labute approximate surface area is 172 Å². The molecule has 0 bridgehead atoms. The van der Waals surface area contributed by atoms with E-state index in [1.54, 1.807) is 30.3 Å². The lowest BCUT2D eigenvalue weighted by Crippen LogP contribution is -2.46. The van der Waals surface area contributed by atoms with Crippen molar-refractivity contribution in [2.75, 3.05) is 31.3 Å². The van der Waals surface area contributed by atoms with Crippen LogP contribution in [0.15, 0.2) is 52.4 Å². The van der Waals surface area contributed by atoms with Gasteiger partial charge in [-0.3, -0.25) is 15.0 Å². The maximum absolute atomic E-state index is 14.5. The minimum Gasteiger partial charge on any atom is -0.276 e. The maximum atomic E-state index is 14.5. The number of anilines is 1. The fraction of sp³-hybridized carbons (Fsp3) is 0.222. The average molecular weight is 437 g/mol. The van der Waals surface area contributed by atoms with E-state index in [-0.39, 0.29) is 18.9 Å². The van der Waals surface area contributed by atoms with Gasteiger partial charge in [0.25, 0.3) is 10.2 Å². The van der Waals surface area contributed by atoms with E-state index in [1.807, 2.05) is 16.1 Å². The maximum Gasteiger partial charge on any atom is 0.274 e. The number of aliphatic imine (C=N–C) groups is 2. The third kappa shape index (κ3) is 4.16. The molecule has 0 amide bonds. The largest absolute Gasteiger partial charge is 0.276 e. The lowest BCUT2D eigenvalue weighted by Gasteiger charge is -2.30. The molecule has 0 unspecified atom stereocenters. The zero-order valence-electron chi connectivity index (χ0n) is 15.2. The molecule has 2 aliphatic heterocycles. The summed E-state index contributed by atoms with van der Waals surface area (Å²) < 4.78 is 39.1. The summed E-state index contributed by atoms with van der Waals surface area (Å²) in [6, 6.07) is 11.7. The van der Waals surface area contributed by atoms with Crippen molar-refractivity contribution in [1.82, 2.24) is 9.73 Å². The van der Waals surface area contributed by atoms with Crippen LogP contribution in [0.1, 0.15) is 11.1 Å². The number of halogens is 2. The van der Waals surface area contributed by atoms with Gasteiger partial charge in [0.15, 0.2) is 0 Å². The first-order valence-electron chi connectivity index (χ1n) is 8.78. The average Bonchev–Trinajstić information content (AvgIpc) is 2.98. The van der Waals surface area contributed by atoms with Gasteiger partial charge in [0, 0.05) is 29.2 Å². The van der Waals surface area contributed by atoms with Crippen LogP contribution < -0.4 is 14.9 Å². The van der Waals surface area contributed by atoms with Crippen molar-refractivity contribution in [2.24, 2.45) is 15.1 Å². The predicted octanol–water partition coefficient (Wildman–Crippen LogP) is 1.52. The predicted molar refractivity (Wildman–Crippen MR) is 111 cm³/mol. The minimum absolute atomic E-state index is 0.113. The molecule has 2 aromatic rings. The second kappa shape index (κ2) is 7.81. The Morgan fingerprint density at radius 1 is 1.17 bits per heavy atom. The van der Waals surface area contributed by atoms with Crippen LogP contribution in [0.5, 0.6) is 0 Å². The van der Waals surface area contributed by atoms with Gasteiger partial charge < -0.3 is 0 Å². The van der Waals surface area contributed by atoms with Crippen LogP contribution in [-0.4, -0.2) is 51.3 Å². The van der Waals surface area contributed by atoms with E-state index >= 15 is 0 Å². The number of nitrogens with zero attached hydrogens (tertiary/aromatic N) is 4. The molecular weight excluding hydrogens is 419 g/mol. The Hall–Kier alpha value is -2.37. The van der Waals surface area contributed by atoms with Crippen molar-refractivity contribution in [1.29, 1.82) is 0 Å². The van der Waals surface area contributed by atoms with Crippen molar-refractivity contribution in [3.8, 4) is 0 Å². The minimum atomic E-state index is -3.78. The SMILES string of the molecule is NS(=O)(=O)NCCN1CN=C2CN=C(c3ccccc3F)c3cc(Cl)ccc3N21. The monoisotopic (exact) mass is 436 g/mol. The summed E-state index contributed by atoms with van der Waals surface area (Å²) >= 11 is 6.23. The fourth-order valence-electron chi connectivity index (χ4n) is 3.35. The van der Waals surface area contributed by atoms with E-state index in [1.165, 1.54) is 6.07 Å². The molecule has 2 aromatic carbocycles. The van der Waals surface area contributed by atoms with Crippen LogP contribution in [0.2, 0.25) is 5.02 Å². The summed E-state index contributed by atoms with van der Waals surface area (Å²) in [5.41, 5.74) is 2.26. The molecule has 11 heteroatoms. The molecule has 4 rings (SSSR count). The molecular formula is C18H18ClFN6O2S. The fourth-order valence-corrected chi connectivity index (χ4v) is 3.90. The van der Waals surface area contributed by atoms with E-state index in [9.17, 15) is 12.8 Å². The number of nitrogens with two attached hydrogens (primary N) is 1. The number of benzene rings is 2. The number of hydrazine groups is 1. The highest BCUT2D eigenvalue weighted by atomic mass is 35.5. The summed E-state index contributed by atoms with van der Waals surface area (Å²) in [5, 5.41) is 9.22. The van der Waals surface area contributed by atoms with Crippen molar-refractivity contribution in [3.63, 3.8) is 0 Å². The Morgan fingerprint density at radius 2 is 1.97 bits per heavy atom. The van der Waals surface area contributed by atoms with Gasteiger partial charge in [-0.15, -0.1) is 0 Å². The molecule has 0 aliphatic carbocycles. The summed E-state index contributed by atoms with van der Waals surface area (Å²) in [6.07, 6.45) is 0. The number of hydrogen-bond donors (Lipinski definition) is 2. The molecule has 0 aromatic heterocycles. The molecule has 0 radical (unpaired) electrons. The number of fused-ring (bicyclic) bond motifs is 3. The Morgan fingerprint density at radius 3 is 2.72 bits per heavy atom. The highest BCUT2D eigenvalue weighted by Gasteiger charge is 2.32. The second-order valence-corrected chi connectivity index (χ2v) is 8.32. The molecule has 3 N–H and O–H groups in total. The van der Waals surface area contributed by atoms with Crippen LogP contribution in [0, 0.1) is 5.82 Å². The van der Waals surface area contributed by atoms with Crippen molar-refractivity contribution < 1.29 is 12.8 Å². The molecule has 0 saturated heterocycles. The van der Waals surface area contributed by atoms with E-state index in [0.717, 1.165) is 5.69 Å². The topological polar surface area (TPSA) is 103 Å². The molecule has 2 aliphatic rings. The van der Waals surface area contributed by atoms with Crippen LogP contribution in [0.3, 0.4) is 0 Å². The molecule has 152 valence electrons. The molecule has 0 atom stereocenters. The number of nitrogens with one attached hydrogen (secondary N) is 1. The highest BCUT2D eigenvalue weighted by Crippen LogP contribution is 2.33. The van der Waals surface area contributed by atoms with Crippen molar-refractivity contribution in [3.05, 3.63) is 64.4 Å². The standard InChI is InChI=1S/C18H18ClFN6O2S/c19-12-5-6-16-14(9-12)18(13-3-1-2-4-15(13)20)22-10-17-23-11-25(26(16)17)8-7-24-29(21,27)28/h1-6,9,24H,7-8,10-11H2,(H2,21,27,28). The molecule has 0 spiro atoms. The normalized spacial score (nSPS) is 16.7. The first-order valence-corrected chi connectivity index (χ1v) is 10.7. The van der Waals surface area contributed by atoms with Crippen LogP contribution in [0.25, 0.3) is 0 Å². The van der Waals surface area contributed by atoms with Gasteiger partial charge in [0.2, 0.25) is 0 Å². The lowest BCUT2D eigenvalue weighted by atomic mass is 10.00. The lowest BCUT2D eigenvalue weighted by molar-refractivity contribution is 0.320. The van der Waals surface area contributed by atoms with E-state index in [0.29, 0.717) is 40.9 Å². The molecule has 0 fully saturated rings. The van der Waals surface area contributed by atoms with E-state index < -0.39 is 10.2 Å². The summed E-state index contributed by atoms with van der Waals surface area (Å²) in [7, 11) is -3.78. The second-order valence-electron chi connectivity index (χ2n) is 6.50. The zero-order valence-corrected chi connectivity index (χ0v) is 16.8. The Bertz CT molecular complexity index is 1120. The summed E-state index contributed by atoms with van der Waals surface area (Å²) in [6.45, 7) is 1.03. The van der Waals surface area contributed by atoms with Gasteiger partial charge in [0.05, 0.1) is 17.9 Å². The van der Waals surface area contributed by atoms with Crippen LogP contribution >= 0.6 is 11.6 Å². The zero-order chi connectivity index (χ0) is 20.6. The third-order valence-electron chi connectivity index (χ3n) is 4.57. The van der Waals surface area contributed by atoms with Gasteiger partial charge in [-0.2, -0.15) is 13.4 Å². The summed E-state index contributed by atoms with van der Waals surface area (Å²) in [4.78, 5) is 9.13. The number of rotatable bonds is 5. The number of amidine groups is 1. The molecule has 2 heterocycles. The Balaban J connectivity index is 1.73. The smallest absolute Gasteiger partial charge is 0.274 e. The van der Waals surface area contributed by atoms with Crippen molar-refractivity contribution in [2.45, 2.75) is 0 Å². The first-order chi connectivity index (χ1) is 13.8. The quantitative estimate of drug-likeness (QED) is 0.741. The third-order valence-corrected chi connectivity index (χ3v) is 5.41. The van der Waals surface area contributed by atoms with Crippen LogP contribution in [-0.2, 0) is 10.2 Å². The van der Waals surface area contributed by atoms with E-state index in [4.69, 9.17) is 16.7 Å².